The Morgan fingerprint density at radius 1 is 1.18 bits per heavy atom. The lowest BCUT2D eigenvalue weighted by Crippen LogP contribution is -2.47. The maximum Gasteiger partial charge on any atom is 0.312 e. The van der Waals surface area contributed by atoms with Crippen molar-refractivity contribution in [1.29, 1.82) is 0 Å². The molecule has 0 radical (unpaired) electrons. The number of benzene rings is 1. The van der Waals surface area contributed by atoms with E-state index in [-0.39, 0.29) is 25.5 Å². The molecule has 0 aromatic heterocycles. The van der Waals surface area contributed by atoms with Crippen molar-refractivity contribution in [3.8, 4) is 0 Å². The minimum Gasteiger partial charge on any atom is -0.392 e. The Kier molecular flexibility index (Phi) is 12.4. The van der Waals surface area contributed by atoms with Crippen molar-refractivity contribution in [2.45, 2.75) is 39.3 Å². The van der Waals surface area contributed by atoms with Crippen LogP contribution in [-0.2, 0) is 21.0 Å². The molecule has 13 heteroatoms. The second-order valence-corrected chi connectivity index (χ2v) is 7.67. The second kappa shape index (κ2) is 15.0. The van der Waals surface area contributed by atoms with E-state index in [9.17, 15) is 19.2 Å². The quantitative estimate of drug-likeness (QED) is 0.0935. The third-order valence-electron chi connectivity index (χ3n) is 4.68. The van der Waals surface area contributed by atoms with Gasteiger partial charge in [0.05, 0.1) is 12.5 Å². The average Bonchev–Trinajstić information content (AvgIpc) is 2.79. The Labute approximate surface area is 196 Å². The molecule has 5 amide bonds. The number of carbonyl (C=O) groups excluding carboxylic acids is 4. The van der Waals surface area contributed by atoms with Crippen molar-refractivity contribution in [3.05, 3.63) is 40.3 Å². The number of hydrogen-bond acceptors (Lipinski definition) is 6. The summed E-state index contributed by atoms with van der Waals surface area (Å²) in [7, 11) is 0. The van der Waals surface area contributed by atoms with Crippen molar-refractivity contribution in [1.82, 2.24) is 10.6 Å². The van der Waals surface area contributed by atoms with Crippen molar-refractivity contribution >= 4 is 35.7 Å². The van der Waals surface area contributed by atoms with Crippen molar-refractivity contribution in [2.75, 3.05) is 18.4 Å². The summed E-state index contributed by atoms with van der Waals surface area (Å²) in [5.74, 6) is -2.77. The first-order valence-electron chi connectivity index (χ1n) is 10.6. The van der Waals surface area contributed by atoms with Gasteiger partial charge in [0.25, 0.3) is 5.91 Å². The lowest BCUT2D eigenvalue weighted by atomic mass is 9.95. The van der Waals surface area contributed by atoms with E-state index >= 15 is 0 Å². The number of aliphatic hydroxyl groups excluding tert-OH is 1. The summed E-state index contributed by atoms with van der Waals surface area (Å²) >= 11 is 0. The number of primary amides is 1. The van der Waals surface area contributed by atoms with Gasteiger partial charge in [0.1, 0.15) is 12.6 Å². The van der Waals surface area contributed by atoms with Crippen LogP contribution in [0.15, 0.2) is 34.4 Å². The second-order valence-electron chi connectivity index (χ2n) is 7.67. The van der Waals surface area contributed by atoms with Gasteiger partial charge in [-0.3, -0.25) is 14.4 Å². The molecule has 34 heavy (non-hydrogen) atoms. The minimum absolute atomic E-state index is 0.136. The van der Waals surface area contributed by atoms with Gasteiger partial charge in [0, 0.05) is 23.4 Å². The summed E-state index contributed by atoms with van der Waals surface area (Å²) < 4.78 is 0. The van der Waals surface area contributed by atoms with E-state index < -0.39 is 42.3 Å². The molecule has 1 aromatic rings. The summed E-state index contributed by atoms with van der Waals surface area (Å²) in [6.07, 6.45) is 1.73. The molecule has 13 nitrogen and oxygen atoms in total. The van der Waals surface area contributed by atoms with Crippen LogP contribution in [0, 0.1) is 11.8 Å². The molecule has 0 saturated carbocycles. The Morgan fingerprint density at radius 2 is 1.85 bits per heavy atom. The largest absolute Gasteiger partial charge is 0.392 e. The van der Waals surface area contributed by atoms with Crippen LogP contribution in [0.25, 0.3) is 10.4 Å². The Bertz CT molecular complexity index is 926. The first kappa shape index (κ1) is 28.1. The standard InChI is InChI=1S/C21H30N8O5/c1-13(2)16(10-25-18(31)11-26-29-23)19(32)28-17(4-3-9-24-21(22)34)20(33)27-15-7-5-14(12-30)6-8-15/h5-8,10,13,16-17,30H,3-4,9,11-12H2,1-2H3,(H,27,33)(H,28,32)(H3,22,24,34)/b25-10+/t16?,17-/m0/s1. The molecule has 0 saturated heterocycles. The third-order valence-corrected chi connectivity index (χ3v) is 4.68. The van der Waals surface area contributed by atoms with Gasteiger partial charge < -0.3 is 26.8 Å². The molecule has 0 aliphatic carbocycles. The van der Waals surface area contributed by atoms with Crippen LogP contribution >= 0.6 is 0 Å². The molecular weight excluding hydrogens is 444 g/mol. The predicted molar refractivity (Wildman–Crippen MR) is 126 cm³/mol. The number of urea groups is 1. The average molecular weight is 475 g/mol. The number of nitrogens with zero attached hydrogens (tertiary/aromatic N) is 4. The molecule has 0 bridgehead atoms. The van der Waals surface area contributed by atoms with Crippen LogP contribution < -0.4 is 21.7 Å². The fraction of sp³-hybridized carbons (Fsp3) is 0.476. The van der Waals surface area contributed by atoms with Gasteiger partial charge in [-0.05, 0) is 42.0 Å². The normalized spacial score (nSPS) is 12.5. The van der Waals surface area contributed by atoms with Crippen molar-refractivity contribution < 1.29 is 24.3 Å². The Hall–Kier alpha value is -3.96. The molecule has 0 spiro atoms. The van der Waals surface area contributed by atoms with Crippen molar-refractivity contribution in [3.63, 3.8) is 0 Å². The fourth-order valence-electron chi connectivity index (χ4n) is 2.82. The molecule has 1 unspecified atom stereocenters. The molecule has 0 fully saturated rings. The molecule has 0 aliphatic rings. The molecular formula is C21H30N8O5. The molecule has 1 rings (SSSR count). The van der Waals surface area contributed by atoms with E-state index in [0.29, 0.717) is 17.7 Å². The first-order valence-corrected chi connectivity index (χ1v) is 10.6. The van der Waals surface area contributed by atoms with Crippen LogP contribution in [0.4, 0.5) is 10.5 Å². The van der Waals surface area contributed by atoms with E-state index in [4.69, 9.17) is 16.4 Å². The van der Waals surface area contributed by atoms with Crippen LogP contribution in [0.1, 0.15) is 32.3 Å². The zero-order valence-electron chi connectivity index (χ0n) is 19.1. The van der Waals surface area contributed by atoms with Gasteiger partial charge in [0.2, 0.25) is 11.8 Å². The minimum atomic E-state index is -0.951. The lowest BCUT2D eigenvalue weighted by molar-refractivity contribution is -0.128. The van der Waals surface area contributed by atoms with Gasteiger partial charge in [-0.25, -0.2) is 9.79 Å². The van der Waals surface area contributed by atoms with E-state index in [1.54, 1.807) is 38.1 Å². The van der Waals surface area contributed by atoms with E-state index in [1.165, 1.54) is 6.21 Å². The number of azide groups is 1. The highest BCUT2D eigenvalue weighted by molar-refractivity contribution is 6.01. The van der Waals surface area contributed by atoms with Crippen LogP contribution in [0.5, 0.6) is 0 Å². The number of aliphatic hydroxyl groups is 1. The maximum absolute atomic E-state index is 12.9. The number of hydrogen-bond donors (Lipinski definition) is 5. The monoisotopic (exact) mass is 474 g/mol. The SMILES string of the molecule is CC(C)C(/C=N/C(=O)CN=[N+]=[N-])C(=O)N[C@@H](CCCNC(N)=O)C(=O)Nc1ccc(CO)cc1. The summed E-state index contributed by atoms with van der Waals surface area (Å²) in [4.78, 5) is 54.5. The van der Waals surface area contributed by atoms with Gasteiger partial charge >= 0.3 is 6.03 Å². The van der Waals surface area contributed by atoms with Crippen LogP contribution in [0.3, 0.4) is 0 Å². The number of nitrogens with one attached hydrogen (secondary N) is 3. The topological polar surface area (TPSA) is 212 Å². The fourth-order valence-corrected chi connectivity index (χ4v) is 2.82. The molecule has 0 heterocycles. The molecule has 1 aromatic carbocycles. The van der Waals surface area contributed by atoms with Crippen LogP contribution in [0.2, 0.25) is 0 Å². The summed E-state index contributed by atoms with van der Waals surface area (Å²) in [5, 5.41) is 20.1. The highest BCUT2D eigenvalue weighted by Crippen LogP contribution is 2.13. The molecule has 184 valence electrons. The number of rotatable bonds is 13. The highest BCUT2D eigenvalue weighted by atomic mass is 16.3. The molecule has 6 N–H and O–H groups in total. The zero-order chi connectivity index (χ0) is 25.5. The van der Waals surface area contributed by atoms with Gasteiger partial charge in [-0.1, -0.05) is 31.1 Å². The van der Waals surface area contributed by atoms with Crippen LogP contribution in [-0.4, -0.2) is 54.2 Å². The molecule has 2 atom stereocenters. The Balaban J connectivity index is 2.94. The van der Waals surface area contributed by atoms with Gasteiger partial charge in [-0.15, -0.1) is 0 Å². The van der Waals surface area contributed by atoms with Gasteiger partial charge in [0.15, 0.2) is 0 Å². The smallest absolute Gasteiger partial charge is 0.312 e. The summed E-state index contributed by atoms with van der Waals surface area (Å²) in [6, 6.07) is 4.90. The highest BCUT2D eigenvalue weighted by Gasteiger charge is 2.27. The number of carbonyl (C=O) groups is 4. The first-order chi connectivity index (χ1) is 16.2. The predicted octanol–water partition coefficient (Wildman–Crippen LogP) is 1.23. The lowest BCUT2D eigenvalue weighted by Gasteiger charge is -2.22. The van der Waals surface area contributed by atoms with Crippen molar-refractivity contribution in [2.24, 2.45) is 27.7 Å². The van der Waals surface area contributed by atoms with E-state index in [0.717, 1.165) is 0 Å². The maximum atomic E-state index is 12.9. The van der Waals surface area contributed by atoms with Gasteiger partial charge in [-0.2, -0.15) is 0 Å². The summed E-state index contributed by atoms with van der Waals surface area (Å²) in [5.41, 5.74) is 14.5. The summed E-state index contributed by atoms with van der Waals surface area (Å²) in [6.45, 7) is 3.12. The zero-order valence-corrected chi connectivity index (χ0v) is 19.1. The van der Waals surface area contributed by atoms with E-state index in [2.05, 4.69) is 31.0 Å². The number of amides is 5. The van der Waals surface area contributed by atoms with E-state index in [1.807, 2.05) is 0 Å². The number of aliphatic imine (C=N–C) groups is 1. The number of anilines is 1. The third kappa shape index (κ3) is 10.6. The number of nitrogens with two attached hydrogens (primary N) is 1. The molecule has 0 aliphatic heterocycles. The Morgan fingerprint density at radius 3 is 2.41 bits per heavy atom.